The van der Waals surface area contributed by atoms with Gasteiger partial charge >= 0.3 is 0 Å². The molecule has 0 unspecified atom stereocenters. The molecule has 0 atom stereocenters. The topological polar surface area (TPSA) is 101 Å². The smallest absolute Gasteiger partial charge is 0.264 e. The molecular weight excluding hydrogens is 460 g/mol. The fraction of sp³-hybridized carbons (Fsp3) is 0.0870. The Labute approximate surface area is 195 Å². The summed E-state index contributed by atoms with van der Waals surface area (Å²) in [6.45, 7) is 0.0881. The van der Waals surface area contributed by atoms with Crippen molar-refractivity contribution >= 4 is 38.1 Å². The Kier molecular flexibility index (Phi) is 6.66. The van der Waals surface area contributed by atoms with Crippen LogP contribution in [-0.4, -0.2) is 31.6 Å². The maximum absolute atomic E-state index is 13.8. The van der Waals surface area contributed by atoms with Gasteiger partial charge in [-0.25, -0.2) is 8.42 Å². The van der Waals surface area contributed by atoms with Crippen LogP contribution in [0.2, 0.25) is 0 Å². The molecule has 168 valence electrons. The van der Waals surface area contributed by atoms with Crippen molar-refractivity contribution in [3.8, 4) is 5.75 Å². The van der Waals surface area contributed by atoms with Gasteiger partial charge in [-0.3, -0.25) is 14.4 Å². The molecule has 4 aromatic rings. The summed E-state index contributed by atoms with van der Waals surface area (Å²) in [6.07, 6.45) is 0. The number of rotatable bonds is 8. The third kappa shape index (κ3) is 5.02. The average molecular weight is 481 g/mol. The van der Waals surface area contributed by atoms with E-state index in [4.69, 9.17) is 4.74 Å². The predicted octanol–water partition coefficient (Wildman–Crippen LogP) is 4.19. The Bertz CT molecular complexity index is 1340. The van der Waals surface area contributed by atoms with E-state index in [2.05, 4.69) is 15.5 Å². The van der Waals surface area contributed by atoms with Crippen LogP contribution >= 0.6 is 11.3 Å². The number of hydrogen-bond donors (Lipinski definition) is 1. The minimum Gasteiger partial charge on any atom is -0.495 e. The van der Waals surface area contributed by atoms with E-state index < -0.39 is 15.9 Å². The zero-order valence-corrected chi connectivity index (χ0v) is 19.2. The first-order chi connectivity index (χ1) is 16.0. The highest BCUT2D eigenvalue weighted by atomic mass is 32.2. The number of anilines is 2. The Morgan fingerprint density at radius 1 is 1.03 bits per heavy atom. The van der Waals surface area contributed by atoms with Crippen LogP contribution in [-0.2, 0) is 16.6 Å². The van der Waals surface area contributed by atoms with Crippen molar-refractivity contribution in [1.82, 2.24) is 10.2 Å². The van der Waals surface area contributed by atoms with Crippen molar-refractivity contribution in [2.24, 2.45) is 0 Å². The molecule has 0 aliphatic rings. The number of hydrogen-bond acceptors (Lipinski definition) is 7. The van der Waals surface area contributed by atoms with E-state index >= 15 is 0 Å². The quantitative estimate of drug-likeness (QED) is 0.406. The van der Waals surface area contributed by atoms with Gasteiger partial charge in [0.1, 0.15) is 11.3 Å². The first-order valence-electron chi connectivity index (χ1n) is 9.86. The van der Waals surface area contributed by atoms with Crippen molar-refractivity contribution in [3.63, 3.8) is 0 Å². The molecule has 1 amide bonds. The molecule has 1 aromatic heterocycles. The number of amides is 1. The summed E-state index contributed by atoms with van der Waals surface area (Å²) in [4.78, 5) is 12.6. The number of para-hydroxylation sites is 2. The number of sulfonamides is 1. The number of nitrogens with one attached hydrogen (secondary N) is 1. The molecule has 0 radical (unpaired) electrons. The SMILES string of the molecule is COc1ccccc1N(Cc1ccccc1)S(=O)(=O)c1cccc(C(=O)Nc2nncs2)c1. The molecule has 10 heteroatoms. The number of carbonyl (C=O) groups is 1. The second kappa shape index (κ2) is 9.80. The van der Waals surface area contributed by atoms with Gasteiger partial charge in [-0.05, 0) is 35.9 Å². The maximum atomic E-state index is 13.8. The molecule has 0 fully saturated rings. The lowest BCUT2D eigenvalue weighted by Crippen LogP contribution is -2.31. The molecular formula is C23H20N4O4S2. The van der Waals surface area contributed by atoms with Crippen LogP contribution in [0.1, 0.15) is 15.9 Å². The first kappa shape index (κ1) is 22.4. The van der Waals surface area contributed by atoms with E-state index in [-0.39, 0.29) is 17.0 Å². The van der Waals surface area contributed by atoms with Gasteiger partial charge in [-0.15, -0.1) is 10.2 Å². The molecule has 0 aliphatic heterocycles. The maximum Gasteiger partial charge on any atom is 0.264 e. The number of methoxy groups -OCH3 is 1. The standard InChI is InChI=1S/C23H20N4O4S2/c1-31-21-13-6-5-12-20(21)27(15-17-8-3-2-4-9-17)33(29,30)19-11-7-10-18(14-19)22(28)25-23-26-24-16-32-23/h2-14,16H,15H2,1H3,(H,25,26,28). The molecule has 0 spiro atoms. The average Bonchev–Trinajstić information content (AvgIpc) is 3.36. The van der Waals surface area contributed by atoms with E-state index in [9.17, 15) is 13.2 Å². The summed E-state index contributed by atoms with van der Waals surface area (Å²) < 4.78 is 34.3. The number of benzene rings is 3. The Morgan fingerprint density at radius 2 is 1.79 bits per heavy atom. The number of aromatic nitrogens is 2. The van der Waals surface area contributed by atoms with Crippen LogP contribution in [0.15, 0.2) is 89.3 Å². The van der Waals surface area contributed by atoms with Crippen LogP contribution in [0.25, 0.3) is 0 Å². The third-order valence-electron chi connectivity index (χ3n) is 4.79. The predicted molar refractivity (Wildman–Crippen MR) is 127 cm³/mol. The molecule has 3 aromatic carbocycles. The molecule has 0 aliphatic carbocycles. The molecule has 0 saturated carbocycles. The van der Waals surface area contributed by atoms with Gasteiger partial charge in [0.15, 0.2) is 0 Å². The highest BCUT2D eigenvalue weighted by Crippen LogP contribution is 2.33. The van der Waals surface area contributed by atoms with Crippen LogP contribution in [0.5, 0.6) is 5.75 Å². The summed E-state index contributed by atoms with van der Waals surface area (Å²) in [6, 6.07) is 22.1. The van der Waals surface area contributed by atoms with Crippen molar-refractivity contribution in [1.29, 1.82) is 0 Å². The van der Waals surface area contributed by atoms with Crippen LogP contribution in [0, 0.1) is 0 Å². The van der Waals surface area contributed by atoms with Gasteiger partial charge < -0.3 is 4.74 Å². The van der Waals surface area contributed by atoms with E-state index in [0.29, 0.717) is 16.6 Å². The minimum absolute atomic E-state index is 0.0192. The molecule has 0 bridgehead atoms. The zero-order valence-electron chi connectivity index (χ0n) is 17.6. The molecule has 0 saturated heterocycles. The monoisotopic (exact) mass is 480 g/mol. The van der Waals surface area contributed by atoms with Gasteiger partial charge in [0.05, 0.1) is 24.2 Å². The third-order valence-corrected chi connectivity index (χ3v) is 7.15. The number of nitrogens with zero attached hydrogens (tertiary/aromatic N) is 3. The number of ether oxygens (including phenoxy) is 1. The van der Waals surface area contributed by atoms with Crippen molar-refractivity contribution < 1.29 is 17.9 Å². The van der Waals surface area contributed by atoms with Crippen LogP contribution in [0.3, 0.4) is 0 Å². The summed E-state index contributed by atoms with van der Waals surface area (Å²) in [5.74, 6) is -0.0575. The Hall–Kier alpha value is -3.76. The lowest BCUT2D eigenvalue weighted by molar-refractivity contribution is 0.102. The van der Waals surface area contributed by atoms with Crippen molar-refractivity contribution in [2.75, 3.05) is 16.7 Å². The van der Waals surface area contributed by atoms with Crippen molar-refractivity contribution in [3.05, 3.63) is 95.5 Å². The molecule has 8 nitrogen and oxygen atoms in total. The van der Waals surface area contributed by atoms with Gasteiger partial charge in [0.2, 0.25) is 5.13 Å². The fourth-order valence-corrected chi connectivity index (χ4v) is 5.16. The first-order valence-corrected chi connectivity index (χ1v) is 12.2. The Morgan fingerprint density at radius 3 is 2.52 bits per heavy atom. The molecule has 33 heavy (non-hydrogen) atoms. The van der Waals surface area contributed by atoms with E-state index in [1.54, 1.807) is 30.3 Å². The van der Waals surface area contributed by atoms with Gasteiger partial charge in [0.25, 0.3) is 15.9 Å². The lowest BCUT2D eigenvalue weighted by Gasteiger charge is -2.26. The van der Waals surface area contributed by atoms with E-state index in [0.717, 1.165) is 5.56 Å². The highest BCUT2D eigenvalue weighted by molar-refractivity contribution is 7.92. The number of carbonyl (C=O) groups excluding carboxylic acids is 1. The van der Waals surface area contributed by atoms with Gasteiger partial charge in [-0.1, -0.05) is 59.9 Å². The molecule has 1 heterocycles. The fourth-order valence-electron chi connectivity index (χ4n) is 3.21. The van der Waals surface area contributed by atoms with E-state index in [1.165, 1.54) is 46.5 Å². The zero-order chi connectivity index (χ0) is 23.3. The van der Waals surface area contributed by atoms with Crippen LogP contribution in [0.4, 0.5) is 10.8 Å². The molecule has 1 N–H and O–H groups in total. The van der Waals surface area contributed by atoms with E-state index in [1.807, 2.05) is 30.3 Å². The Balaban J connectivity index is 1.74. The van der Waals surface area contributed by atoms with Crippen LogP contribution < -0.4 is 14.4 Å². The normalized spacial score (nSPS) is 11.1. The van der Waals surface area contributed by atoms with Gasteiger partial charge in [-0.2, -0.15) is 0 Å². The largest absolute Gasteiger partial charge is 0.495 e. The van der Waals surface area contributed by atoms with Gasteiger partial charge in [0, 0.05) is 5.56 Å². The van der Waals surface area contributed by atoms with Crippen molar-refractivity contribution in [2.45, 2.75) is 11.4 Å². The summed E-state index contributed by atoms with van der Waals surface area (Å²) in [7, 11) is -2.56. The second-order valence-electron chi connectivity index (χ2n) is 6.89. The summed E-state index contributed by atoms with van der Waals surface area (Å²) >= 11 is 1.17. The summed E-state index contributed by atoms with van der Waals surface area (Å²) in [5.41, 5.74) is 2.88. The summed E-state index contributed by atoms with van der Waals surface area (Å²) in [5, 5.41) is 10.4. The lowest BCUT2D eigenvalue weighted by atomic mass is 10.2. The minimum atomic E-state index is -4.05. The highest BCUT2D eigenvalue weighted by Gasteiger charge is 2.28. The molecule has 4 rings (SSSR count). The second-order valence-corrected chi connectivity index (χ2v) is 9.59.